The van der Waals surface area contributed by atoms with Gasteiger partial charge in [-0.1, -0.05) is 260 Å². The first kappa shape index (κ1) is 69.4. The summed E-state index contributed by atoms with van der Waals surface area (Å²) in [5.74, 6) is 13.4. The summed E-state index contributed by atoms with van der Waals surface area (Å²) in [6.45, 7) is 37.0. The van der Waals surface area contributed by atoms with Crippen LogP contribution in [0.1, 0.15) is 446 Å². The van der Waals surface area contributed by atoms with E-state index in [9.17, 15) is 0 Å². The van der Waals surface area contributed by atoms with Crippen LogP contribution in [0.4, 0.5) is 0 Å². The Bertz CT molecular complexity index is 1910. The van der Waals surface area contributed by atoms with Gasteiger partial charge >= 0.3 is 0 Å². The summed E-state index contributed by atoms with van der Waals surface area (Å²) in [5.41, 5.74) is 4.71. The van der Waals surface area contributed by atoms with Gasteiger partial charge in [0.25, 0.3) is 0 Å². The Hall–Kier alpha value is 0. The minimum Gasteiger partial charge on any atom is -0.0651 e. The van der Waals surface area contributed by atoms with Crippen LogP contribution in [-0.2, 0) is 0 Å². The smallest absolute Gasteiger partial charge is 0.0266 e. The van der Waals surface area contributed by atoms with E-state index in [0.717, 1.165) is 98.1 Å². The van der Waals surface area contributed by atoms with E-state index >= 15 is 0 Å². The molecule has 0 aromatic rings. The molecule has 0 unspecified atom stereocenters. The molecule has 0 saturated heterocycles. The van der Waals surface area contributed by atoms with Gasteiger partial charge in [0.1, 0.15) is 0 Å². The molecule has 16 fully saturated rings. The third-order valence-electron chi connectivity index (χ3n) is 27.5. The SMILES string of the molecule is CC(C)(C)C.CC12CC3CC(CC(C3)C1)C2.CC1CCC(C2CCCCC2)CC1.CC1CCC2(CC1)CCC(C)(C)CC2.CC1CCC2(CCCC2)CC1.CC1CCC2(CCCCC2)CC1.CCC12CC3CC(CC(C3)C1)C2.[2H]C([2H])(C)C(C)C.[2H]C([2H])([2H])C(C)(C)C. The molecule has 0 nitrogen and oxygen atoms in total. The fourth-order valence-corrected chi connectivity index (χ4v) is 22.1. The van der Waals surface area contributed by atoms with E-state index in [1.54, 1.807) is 182 Å². The maximum atomic E-state index is 7.05. The second kappa shape index (κ2) is 35.3. The monoisotopic (exact) mass is 1230 g/mol. The molecule has 16 rings (SSSR count). The molecule has 0 N–H and O–H groups in total. The average molecular weight is 1230 g/mol. The Balaban J connectivity index is 0.000000168. The van der Waals surface area contributed by atoms with Gasteiger partial charge < -0.3 is 0 Å². The molecule has 16 aliphatic rings. The lowest BCUT2D eigenvalue weighted by atomic mass is 9.49. The summed E-state index contributed by atoms with van der Waals surface area (Å²) in [6.07, 6.45) is 71.4. The van der Waals surface area contributed by atoms with E-state index in [4.69, 9.17) is 6.85 Å². The highest BCUT2D eigenvalue weighted by Gasteiger charge is 2.50. The zero-order valence-corrected chi connectivity index (χ0v) is 63.7. The number of hydrogen-bond donors (Lipinski definition) is 0. The highest BCUT2D eigenvalue weighted by Crippen LogP contribution is 2.62. The molecule has 0 aromatic carbocycles. The Kier molecular flexibility index (Phi) is 27.8. The van der Waals surface area contributed by atoms with Crippen LogP contribution in [0.2, 0.25) is 0 Å². The topological polar surface area (TPSA) is 0 Å². The molecule has 8 bridgehead atoms. The predicted molar refractivity (Wildman–Crippen MR) is 394 cm³/mol. The lowest BCUT2D eigenvalue weighted by Gasteiger charge is -2.56. The van der Waals surface area contributed by atoms with Gasteiger partial charge in [0.2, 0.25) is 0 Å². The molecule has 0 heteroatoms. The van der Waals surface area contributed by atoms with Gasteiger partial charge in [0.05, 0.1) is 0 Å². The normalized spacial score (nSPS) is 37.0. The molecule has 0 aliphatic heterocycles. The summed E-state index contributed by atoms with van der Waals surface area (Å²) in [4.78, 5) is 0. The molecular weight excluding hydrogens is 1060 g/mol. The zero-order chi connectivity index (χ0) is 68.7. The molecule has 518 valence electrons. The number of hydrogen-bond acceptors (Lipinski definition) is 0. The molecule has 3 spiro atoms. The van der Waals surface area contributed by atoms with Gasteiger partial charge in [0, 0.05) is 6.85 Å². The summed E-state index contributed by atoms with van der Waals surface area (Å²) < 4.78 is 34.9. The quantitative estimate of drug-likeness (QED) is 0.264. The Morgan fingerprint density at radius 2 is 0.636 bits per heavy atom. The third-order valence-corrected chi connectivity index (χ3v) is 27.5. The van der Waals surface area contributed by atoms with Crippen LogP contribution < -0.4 is 0 Å². The van der Waals surface area contributed by atoms with Crippen molar-refractivity contribution in [1.29, 1.82) is 0 Å². The van der Waals surface area contributed by atoms with E-state index in [2.05, 4.69) is 83.1 Å². The number of rotatable bonds is 3. The van der Waals surface area contributed by atoms with Crippen molar-refractivity contribution in [3.8, 4) is 0 Å². The maximum Gasteiger partial charge on any atom is 0.0266 e. The average Bonchev–Trinajstić information content (AvgIpc) is 1.17. The van der Waals surface area contributed by atoms with Crippen molar-refractivity contribution in [3.63, 3.8) is 0 Å². The Morgan fingerprint density at radius 1 is 0.364 bits per heavy atom. The summed E-state index contributed by atoms with van der Waals surface area (Å²) >= 11 is 0. The van der Waals surface area contributed by atoms with Gasteiger partial charge in [-0.05, 0) is 300 Å². The molecule has 0 radical (unpaired) electrons. The van der Waals surface area contributed by atoms with E-state index < -0.39 is 18.6 Å². The van der Waals surface area contributed by atoms with Crippen molar-refractivity contribution >= 4 is 0 Å². The molecule has 0 atom stereocenters. The fraction of sp³-hybridized carbons (Fsp3) is 1.00. The van der Waals surface area contributed by atoms with Crippen LogP contribution in [0.15, 0.2) is 0 Å². The molecular formula is C88H166. The van der Waals surface area contributed by atoms with E-state index in [0.29, 0.717) is 10.8 Å². The van der Waals surface area contributed by atoms with E-state index in [-0.39, 0.29) is 5.92 Å². The fourth-order valence-electron chi connectivity index (χ4n) is 22.1. The van der Waals surface area contributed by atoms with Crippen molar-refractivity contribution in [3.05, 3.63) is 0 Å². The van der Waals surface area contributed by atoms with Crippen molar-refractivity contribution in [2.24, 2.45) is 120 Å². The first-order valence-electron chi connectivity index (χ1n) is 43.2. The van der Waals surface area contributed by atoms with Crippen molar-refractivity contribution in [2.45, 2.75) is 440 Å². The third kappa shape index (κ3) is 27.6. The molecule has 16 aliphatic carbocycles. The van der Waals surface area contributed by atoms with E-state index in [1.165, 1.54) is 148 Å². The second-order valence-electron chi connectivity index (χ2n) is 40.6. The van der Waals surface area contributed by atoms with Gasteiger partial charge in [0.15, 0.2) is 0 Å². The maximum absolute atomic E-state index is 7.05. The lowest BCUT2D eigenvalue weighted by Crippen LogP contribution is -2.45. The summed E-state index contributed by atoms with van der Waals surface area (Å²) in [6, 6.07) is 0. The molecule has 0 heterocycles. The van der Waals surface area contributed by atoms with Crippen LogP contribution in [0.3, 0.4) is 0 Å². The van der Waals surface area contributed by atoms with Crippen LogP contribution >= 0.6 is 0 Å². The van der Waals surface area contributed by atoms with Crippen LogP contribution in [0.5, 0.6) is 0 Å². The largest absolute Gasteiger partial charge is 0.0651 e. The van der Waals surface area contributed by atoms with Gasteiger partial charge in [-0.25, -0.2) is 0 Å². The Labute approximate surface area is 563 Å². The highest BCUT2D eigenvalue weighted by molar-refractivity contribution is 5.02. The summed E-state index contributed by atoms with van der Waals surface area (Å²) in [7, 11) is 0. The standard InChI is InChI=1S/C14H26.C13H24.C12H20.C12H22.C11H18.C11H20.3C5H12/c1-12-4-6-14(7-5-12)10-8-13(2,3)9-11-14;1-11-7-9-13(10-8-11)12-5-3-2-4-6-12;1-2-12-6-9-3-10(7-12)5-11(4-9)8-12;1-11-5-9-12(10-6-11)7-3-2-4-8-12;1-11-5-8-2-9(6-11)4-10(3-8)7-11;1-10-4-8-11(9-5-10)6-2-3-7-11;2*1-5(2,3)4;1-4-5(2)3/h12H,4-11H2,1-3H3;11-13H,2-10H2,1H3;9-11H,2-8H2,1H3;11H,2-10H2,1H3;8-10H,2-7H2,1H3;10H,2-9H2,1H3;2*1-4H3;5H,4H2,1-3H3/i;;;;;;1D3;;4D2. The van der Waals surface area contributed by atoms with Crippen molar-refractivity contribution in [1.82, 2.24) is 0 Å². The van der Waals surface area contributed by atoms with Gasteiger partial charge in [-0.15, -0.1) is 0 Å². The van der Waals surface area contributed by atoms with Crippen LogP contribution in [0.25, 0.3) is 0 Å². The van der Waals surface area contributed by atoms with Crippen LogP contribution in [-0.4, -0.2) is 0 Å². The molecule has 0 amide bonds. The summed E-state index contributed by atoms with van der Waals surface area (Å²) in [5, 5.41) is 0. The molecule has 16 saturated carbocycles. The minimum atomic E-state index is -1.81. The van der Waals surface area contributed by atoms with Crippen molar-refractivity contribution < 1.29 is 6.85 Å². The van der Waals surface area contributed by atoms with Gasteiger partial charge in [-0.2, -0.15) is 0 Å². The first-order chi connectivity index (χ1) is 43.2. The highest BCUT2D eigenvalue weighted by atomic mass is 14.6. The zero-order valence-electron chi connectivity index (χ0n) is 68.7. The molecule has 88 heavy (non-hydrogen) atoms. The first-order valence-corrected chi connectivity index (χ1v) is 40.7. The molecule has 0 aromatic heterocycles. The Morgan fingerprint density at radius 3 is 0.932 bits per heavy atom. The van der Waals surface area contributed by atoms with Gasteiger partial charge in [-0.3, -0.25) is 0 Å². The predicted octanol–water partition coefficient (Wildman–Crippen LogP) is 30.1. The van der Waals surface area contributed by atoms with E-state index in [1.807, 2.05) is 13.8 Å². The lowest BCUT2D eigenvalue weighted by molar-refractivity contribution is -0.0545. The second-order valence-corrected chi connectivity index (χ2v) is 40.6. The van der Waals surface area contributed by atoms with Crippen LogP contribution in [0, 0.1) is 120 Å². The minimum absolute atomic E-state index is 0.132. The van der Waals surface area contributed by atoms with Crippen molar-refractivity contribution in [2.75, 3.05) is 0 Å².